The lowest BCUT2D eigenvalue weighted by molar-refractivity contribution is -0.384. The number of urea groups is 1. The number of nitrogens with zero attached hydrogens (tertiary/aromatic N) is 2. The van der Waals surface area contributed by atoms with Crippen LogP contribution in [-0.2, 0) is 21.4 Å². The number of benzene rings is 2. The normalized spacial score (nSPS) is 12.1. The van der Waals surface area contributed by atoms with Gasteiger partial charge in [-0.05, 0) is 43.2 Å². The Morgan fingerprint density at radius 1 is 1.09 bits per heavy atom. The van der Waals surface area contributed by atoms with Gasteiger partial charge in [0.1, 0.15) is 0 Å². The smallest absolute Gasteiger partial charge is 0.315 e. The summed E-state index contributed by atoms with van der Waals surface area (Å²) in [6.07, 6.45) is 0.463. The maximum Gasteiger partial charge on any atom is 0.315 e. The first-order valence-corrected chi connectivity index (χ1v) is 12.4. The van der Waals surface area contributed by atoms with Gasteiger partial charge in [-0.2, -0.15) is 4.31 Å². The van der Waals surface area contributed by atoms with Crippen molar-refractivity contribution >= 4 is 33.3 Å². The van der Waals surface area contributed by atoms with Gasteiger partial charge in [0.2, 0.25) is 15.9 Å². The molecule has 0 spiro atoms. The topological polar surface area (TPSA) is 177 Å². The van der Waals surface area contributed by atoms with Crippen molar-refractivity contribution in [2.24, 2.45) is 0 Å². The van der Waals surface area contributed by atoms with E-state index in [1.165, 1.54) is 0 Å². The van der Waals surface area contributed by atoms with Crippen molar-refractivity contribution in [3.63, 3.8) is 0 Å². The number of amides is 3. The summed E-state index contributed by atoms with van der Waals surface area (Å²) in [5, 5.41) is 18.8. The van der Waals surface area contributed by atoms with E-state index in [-0.39, 0.29) is 23.7 Å². The molecule has 12 nitrogen and oxygen atoms in total. The number of carbonyl (C=O) groups is 2. The lowest BCUT2D eigenvalue weighted by Crippen LogP contribution is -2.48. The number of hydrogen-bond acceptors (Lipinski definition) is 7. The van der Waals surface area contributed by atoms with Gasteiger partial charge in [0, 0.05) is 43.5 Å². The van der Waals surface area contributed by atoms with E-state index >= 15 is 0 Å². The third-order valence-electron chi connectivity index (χ3n) is 4.89. The highest BCUT2D eigenvalue weighted by atomic mass is 32.2. The summed E-state index contributed by atoms with van der Waals surface area (Å²) in [7, 11) is -4.04. The third kappa shape index (κ3) is 8.54. The van der Waals surface area contributed by atoms with E-state index in [1.807, 2.05) is 0 Å². The molecular formula is C22H30N6O6S. The number of non-ortho nitro benzene ring substituents is 1. The fourth-order valence-corrected chi connectivity index (χ4v) is 4.57. The lowest BCUT2D eigenvalue weighted by atomic mass is 10.2. The average molecular weight is 507 g/mol. The van der Waals surface area contributed by atoms with Crippen LogP contribution in [0.3, 0.4) is 0 Å². The number of hydrogen-bond donors (Lipinski definition) is 4. The van der Waals surface area contributed by atoms with Crippen molar-refractivity contribution in [1.82, 2.24) is 20.3 Å². The zero-order chi connectivity index (χ0) is 26.0. The molecule has 0 saturated carbocycles. The zero-order valence-electron chi connectivity index (χ0n) is 19.6. The van der Waals surface area contributed by atoms with Crippen LogP contribution >= 0.6 is 0 Å². The fraction of sp³-hybridized carbons (Fsp3) is 0.364. The summed E-state index contributed by atoms with van der Waals surface area (Å²) < 4.78 is 26.9. The van der Waals surface area contributed by atoms with E-state index in [1.54, 1.807) is 38.1 Å². The number of sulfonamides is 1. The molecule has 5 N–H and O–H groups in total. The maximum absolute atomic E-state index is 13.0. The lowest BCUT2D eigenvalue weighted by Gasteiger charge is -2.22. The molecule has 0 aromatic heterocycles. The molecule has 0 aliphatic heterocycles. The molecular weight excluding hydrogens is 476 g/mol. The van der Waals surface area contributed by atoms with Crippen LogP contribution in [0.4, 0.5) is 16.2 Å². The summed E-state index contributed by atoms with van der Waals surface area (Å²) in [5.41, 5.74) is 6.89. The van der Waals surface area contributed by atoms with Crippen LogP contribution in [0.25, 0.3) is 0 Å². The van der Waals surface area contributed by atoms with Crippen molar-refractivity contribution in [3.8, 4) is 0 Å². The van der Waals surface area contributed by atoms with Crippen molar-refractivity contribution in [3.05, 3.63) is 64.2 Å². The van der Waals surface area contributed by atoms with E-state index in [9.17, 15) is 28.1 Å². The van der Waals surface area contributed by atoms with Crippen LogP contribution in [0.15, 0.2) is 53.4 Å². The predicted molar refractivity (Wildman–Crippen MR) is 131 cm³/mol. The van der Waals surface area contributed by atoms with Gasteiger partial charge in [-0.15, -0.1) is 0 Å². The Kier molecular flexibility index (Phi) is 9.97. The Bertz CT molecular complexity index is 1120. The van der Waals surface area contributed by atoms with Crippen molar-refractivity contribution < 1.29 is 22.9 Å². The Hall–Kier alpha value is -3.71. The number of nitro groups is 1. The molecule has 1 unspecified atom stereocenters. The van der Waals surface area contributed by atoms with E-state index in [2.05, 4.69) is 16.0 Å². The Morgan fingerprint density at radius 3 is 2.29 bits per heavy atom. The van der Waals surface area contributed by atoms with E-state index in [4.69, 9.17) is 5.73 Å². The van der Waals surface area contributed by atoms with E-state index < -0.39 is 39.5 Å². The molecule has 0 fully saturated rings. The van der Waals surface area contributed by atoms with Crippen LogP contribution in [0.5, 0.6) is 0 Å². The standard InChI is InChI=1S/C22H30N6O6S/c1-3-12-27(35(33,34)20-10-8-19(9-11-20)28(31)32)15-21(29)26-16(2)13-24-22(30)25-14-17-4-6-18(23)7-5-17/h4-11,16H,3,12-15,23H2,1-2H3,(H,26,29)(H2,24,25,30). The number of anilines is 1. The SMILES string of the molecule is CCCN(CC(=O)NC(C)CNC(=O)NCc1ccc(N)cc1)S(=O)(=O)c1ccc([N+](=O)[O-])cc1. The Morgan fingerprint density at radius 2 is 1.71 bits per heavy atom. The summed E-state index contributed by atoms with van der Waals surface area (Å²) >= 11 is 0. The summed E-state index contributed by atoms with van der Waals surface area (Å²) in [5.74, 6) is -0.541. The molecule has 2 aromatic rings. The monoisotopic (exact) mass is 506 g/mol. The average Bonchev–Trinajstić information content (AvgIpc) is 2.82. The minimum absolute atomic E-state index is 0.0902. The third-order valence-corrected chi connectivity index (χ3v) is 6.75. The summed E-state index contributed by atoms with van der Waals surface area (Å²) in [6, 6.07) is 10.7. The van der Waals surface area contributed by atoms with Gasteiger partial charge in [0.05, 0.1) is 16.4 Å². The van der Waals surface area contributed by atoms with Crippen molar-refractivity contribution in [2.75, 3.05) is 25.4 Å². The van der Waals surface area contributed by atoms with E-state index in [0.717, 1.165) is 34.1 Å². The highest BCUT2D eigenvalue weighted by Crippen LogP contribution is 2.19. The minimum atomic E-state index is -4.04. The second-order valence-corrected chi connectivity index (χ2v) is 9.80. The van der Waals surface area contributed by atoms with Crippen molar-refractivity contribution in [1.29, 1.82) is 0 Å². The number of carbonyl (C=O) groups excluding carboxylic acids is 2. The van der Waals surface area contributed by atoms with Crippen molar-refractivity contribution in [2.45, 2.75) is 37.8 Å². The number of rotatable bonds is 12. The van der Waals surface area contributed by atoms with Crippen LogP contribution in [0.1, 0.15) is 25.8 Å². The molecule has 2 rings (SSSR count). The van der Waals surface area contributed by atoms with Gasteiger partial charge in [-0.1, -0.05) is 19.1 Å². The van der Waals surface area contributed by atoms with Gasteiger partial charge in [0.25, 0.3) is 5.69 Å². The molecule has 190 valence electrons. The molecule has 35 heavy (non-hydrogen) atoms. The van der Waals surface area contributed by atoms with Crippen LogP contribution in [0, 0.1) is 10.1 Å². The number of nitrogens with one attached hydrogen (secondary N) is 3. The molecule has 0 bridgehead atoms. The minimum Gasteiger partial charge on any atom is -0.399 e. The van der Waals surface area contributed by atoms with Gasteiger partial charge in [-0.3, -0.25) is 14.9 Å². The summed E-state index contributed by atoms with van der Waals surface area (Å²) in [6.45, 7) is 3.54. The van der Waals surface area contributed by atoms with Gasteiger partial charge in [0.15, 0.2) is 0 Å². The Balaban J connectivity index is 1.87. The highest BCUT2D eigenvalue weighted by molar-refractivity contribution is 7.89. The maximum atomic E-state index is 13.0. The molecule has 0 heterocycles. The number of nitro benzene ring substituents is 1. The molecule has 3 amide bonds. The predicted octanol–water partition coefficient (Wildman–Crippen LogP) is 1.58. The zero-order valence-corrected chi connectivity index (χ0v) is 20.4. The quantitative estimate of drug-likeness (QED) is 0.192. The van der Waals surface area contributed by atoms with Crippen LogP contribution < -0.4 is 21.7 Å². The molecule has 0 radical (unpaired) electrons. The molecule has 0 aliphatic rings. The second-order valence-electron chi connectivity index (χ2n) is 7.86. The largest absolute Gasteiger partial charge is 0.399 e. The molecule has 13 heteroatoms. The van der Waals surface area contributed by atoms with Gasteiger partial charge < -0.3 is 21.7 Å². The molecule has 2 aromatic carbocycles. The first-order valence-electron chi connectivity index (χ1n) is 10.9. The molecule has 1 atom stereocenters. The van der Waals surface area contributed by atoms with E-state index in [0.29, 0.717) is 18.7 Å². The van der Waals surface area contributed by atoms with Crippen LogP contribution in [0.2, 0.25) is 0 Å². The molecule has 0 aliphatic carbocycles. The first-order chi connectivity index (χ1) is 16.5. The second kappa shape index (κ2) is 12.7. The van der Waals surface area contributed by atoms with Crippen LogP contribution in [-0.4, -0.2) is 55.3 Å². The molecule has 0 saturated heterocycles. The van der Waals surface area contributed by atoms with Gasteiger partial charge >= 0.3 is 6.03 Å². The summed E-state index contributed by atoms with van der Waals surface area (Å²) in [4.78, 5) is 34.5. The number of nitrogen functional groups attached to an aromatic ring is 1. The highest BCUT2D eigenvalue weighted by Gasteiger charge is 2.27. The van der Waals surface area contributed by atoms with Gasteiger partial charge in [-0.25, -0.2) is 13.2 Å². The number of nitrogens with two attached hydrogens (primary N) is 1. The Labute approximate surface area is 204 Å². The fourth-order valence-electron chi connectivity index (χ4n) is 3.08. The first kappa shape index (κ1) is 27.5.